The first-order valence-electron chi connectivity index (χ1n) is 16.1. The molecule has 0 N–H and O–H groups in total. The lowest BCUT2D eigenvalue weighted by molar-refractivity contribution is 0.661. The Morgan fingerprint density at radius 3 is 2.30 bits per heavy atom. The number of para-hydroxylation sites is 1. The molecule has 0 amide bonds. The maximum absolute atomic E-state index is 5.18. The second kappa shape index (κ2) is 10.3. The quantitative estimate of drug-likeness (QED) is 0.204. The monoisotopic (exact) mass is 591 g/mol. The number of hydrogen-bond donors (Lipinski definition) is 0. The standard InChI is InChI=1S/C43H33N3/c1-43(2)36-22-11-9-20-32(36)34-25-35-33-21-10-12-23-40(33)46(41(35)26-37(34)43)31-19-13-18-30(24-31)42-44-38(28-14-5-3-6-15-28)27-39(45-42)29-16-7-4-8-17-29/h3-16,18-27,29H,17H2,1-2H3. The van der Waals surface area contributed by atoms with Crippen molar-refractivity contribution in [1.82, 2.24) is 14.5 Å². The van der Waals surface area contributed by atoms with E-state index in [1.165, 1.54) is 44.1 Å². The van der Waals surface area contributed by atoms with Crippen molar-refractivity contribution in [2.75, 3.05) is 0 Å². The van der Waals surface area contributed by atoms with Crippen molar-refractivity contribution in [2.24, 2.45) is 0 Å². The predicted molar refractivity (Wildman–Crippen MR) is 190 cm³/mol. The number of benzene rings is 5. The first-order valence-corrected chi connectivity index (χ1v) is 16.1. The number of allylic oxidation sites excluding steroid dienone is 4. The summed E-state index contributed by atoms with van der Waals surface area (Å²) in [6, 6.07) is 43.8. The van der Waals surface area contributed by atoms with Crippen molar-refractivity contribution < 1.29 is 0 Å². The van der Waals surface area contributed by atoms with Crippen LogP contribution >= 0.6 is 0 Å². The topological polar surface area (TPSA) is 30.7 Å². The predicted octanol–water partition coefficient (Wildman–Crippen LogP) is 10.8. The van der Waals surface area contributed by atoms with E-state index in [9.17, 15) is 0 Å². The zero-order valence-electron chi connectivity index (χ0n) is 26.0. The van der Waals surface area contributed by atoms with Crippen molar-refractivity contribution in [3.05, 3.63) is 162 Å². The zero-order chi connectivity index (χ0) is 30.8. The molecule has 0 saturated carbocycles. The van der Waals surface area contributed by atoms with E-state index in [1.54, 1.807) is 0 Å². The van der Waals surface area contributed by atoms with Crippen LogP contribution in [0.5, 0.6) is 0 Å². The van der Waals surface area contributed by atoms with Gasteiger partial charge >= 0.3 is 0 Å². The lowest BCUT2D eigenvalue weighted by Gasteiger charge is -2.21. The van der Waals surface area contributed by atoms with Gasteiger partial charge in [0.2, 0.25) is 0 Å². The molecule has 1 atom stereocenters. The van der Waals surface area contributed by atoms with Gasteiger partial charge in [0.15, 0.2) is 5.82 Å². The normalized spacial score (nSPS) is 16.2. The Balaban J connectivity index is 1.24. The van der Waals surface area contributed by atoms with E-state index in [4.69, 9.17) is 9.97 Å². The molecule has 1 unspecified atom stereocenters. The lowest BCUT2D eigenvalue weighted by atomic mass is 9.82. The second-order valence-electron chi connectivity index (χ2n) is 13.0. The maximum atomic E-state index is 5.18. The van der Waals surface area contributed by atoms with Crippen LogP contribution in [0.25, 0.3) is 61.3 Å². The summed E-state index contributed by atoms with van der Waals surface area (Å²) >= 11 is 0. The molecular weight excluding hydrogens is 558 g/mol. The molecule has 46 heavy (non-hydrogen) atoms. The van der Waals surface area contributed by atoms with Crippen LogP contribution in [0.4, 0.5) is 0 Å². The first-order chi connectivity index (χ1) is 22.6. The van der Waals surface area contributed by atoms with Gasteiger partial charge in [-0.05, 0) is 65.1 Å². The van der Waals surface area contributed by atoms with Crippen molar-refractivity contribution in [1.29, 1.82) is 0 Å². The molecule has 220 valence electrons. The Labute approximate surface area is 269 Å². The smallest absolute Gasteiger partial charge is 0.160 e. The average Bonchev–Trinajstić information content (AvgIpc) is 3.56. The summed E-state index contributed by atoms with van der Waals surface area (Å²) in [6.07, 6.45) is 9.63. The summed E-state index contributed by atoms with van der Waals surface area (Å²) in [5.74, 6) is 0.976. The molecule has 0 spiro atoms. The van der Waals surface area contributed by atoms with E-state index in [1.807, 2.05) is 6.07 Å². The van der Waals surface area contributed by atoms with Crippen LogP contribution < -0.4 is 0 Å². The van der Waals surface area contributed by atoms with Gasteiger partial charge in [-0.15, -0.1) is 0 Å². The van der Waals surface area contributed by atoms with Gasteiger partial charge in [0.25, 0.3) is 0 Å². The molecule has 2 aromatic heterocycles. The Kier molecular flexibility index (Phi) is 5.98. The fourth-order valence-corrected chi connectivity index (χ4v) is 7.57. The van der Waals surface area contributed by atoms with Gasteiger partial charge in [-0.3, -0.25) is 0 Å². The summed E-state index contributed by atoms with van der Waals surface area (Å²) in [4.78, 5) is 10.3. The largest absolute Gasteiger partial charge is 0.309 e. The minimum atomic E-state index is -0.0753. The highest BCUT2D eigenvalue weighted by molar-refractivity contribution is 6.11. The van der Waals surface area contributed by atoms with Gasteiger partial charge in [-0.25, -0.2) is 9.97 Å². The minimum absolute atomic E-state index is 0.0753. The molecule has 2 heterocycles. The average molecular weight is 592 g/mol. The van der Waals surface area contributed by atoms with Crippen molar-refractivity contribution in [3.63, 3.8) is 0 Å². The third kappa shape index (κ3) is 4.12. The molecule has 3 heteroatoms. The summed E-state index contributed by atoms with van der Waals surface area (Å²) in [7, 11) is 0. The second-order valence-corrected chi connectivity index (χ2v) is 13.0. The first kappa shape index (κ1) is 26.8. The molecular formula is C43H33N3. The molecule has 0 aliphatic heterocycles. The Bertz CT molecular complexity index is 2370. The van der Waals surface area contributed by atoms with Crippen molar-refractivity contribution >= 4 is 21.8 Å². The van der Waals surface area contributed by atoms with Gasteiger partial charge in [-0.2, -0.15) is 0 Å². The third-order valence-electron chi connectivity index (χ3n) is 9.91. The molecule has 0 saturated heterocycles. The Morgan fingerprint density at radius 1 is 0.630 bits per heavy atom. The highest BCUT2D eigenvalue weighted by atomic mass is 15.0. The van der Waals surface area contributed by atoms with E-state index in [0.717, 1.165) is 40.4 Å². The highest BCUT2D eigenvalue weighted by Crippen LogP contribution is 2.51. The van der Waals surface area contributed by atoms with Crippen LogP contribution in [0.3, 0.4) is 0 Å². The number of aromatic nitrogens is 3. The molecule has 2 aliphatic carbocycles. The van der Waals surface area contributed by atoms with Crippen molar-refractivity contribution in [2.45, 2.75) is 31.6 Å². The Morgan fingerprint density at radius 2 is 1.43 bits per heavy atom. The molecule has 2 aliphatic rings. The zero-order valence-corrected chi connectivity index (χ0v) is 26.0. The summed E-state index contributed by atoms with van der Waals surface area (Å²) in [6.45, 7) is 4.70. The van der Waals surface area contributed by atoms with Crippen LogP contribution in [0.2, 0.25) is 0 Å². The van der Waals surface area contributed by atoms with Crippen molar-refractivity contribution in [3.8, 4) is 39.5 Å². The van der Waals surface area contributed by atoms with Gasteiger partial charge in [-0.1, -0.05) is 123 Å². The molecule has 7 aromatic rings. The Hall–Kier alpha value is -5.54. The van der Waals surface area contributed by atoms with E-state index in [0.29, 0.717) is 0 Å². The van der Waals surface area contributed by atoms with Crippen LogP contribution in [-0.2, 0) is 5.41 Å². The number of nitrogens with zero attached hydrogens (tertiary/aromatic N) is 3. The fraction of sp³-hybridized carbons (Fsp3) is 0.116. The summed E-state index contributed by atoms with van der Waals surface area (Å²) in [5, 5.41) is 2.53. The van der Waals surface area contributed by atoms with E-state index < -0.39 is 0 Å². The van der Waals surface area contributed by atoms with Gasteiger partial charge in [0.05, 0.1) is 22.4 Å². The molecule has 9 rings (SSSR count). The van der Waals surface area contributed by atoms with E-state index >= 15 is 0 Å². The number of fused-ring (bicyclic) bond motifs is 6. The number of rotatable bonds is 4. The van der Waals surface area contributed by atoms with Gasteiger partial charge in [0, 0.05) is 38.9 Å². The fourth-order valence-electron chi connectivity index (χ4n) is 7.57. The summed E-state index contributed by atoms with van der Waals surface area (Å²) < 4.78 is 2.42. The van der Waals surface area contributed by atoms with Gasteiger partial charge in [0.1, 0.15) is 0 Å². The molecule has 0 fully saturated rings. The molecule has 3 nitrogen and oxygen atoms in total. The summed E-state index contributed by atoms with van der Waals surface area (Å²) in [5.41, 5.74) is 13.0. The number of hydrogen-bond acceptors (Lipinski definition) is 2. The lowest BCUT2D eigenvalue weighted by Crippen LogP contribution is -2.14. The van der Waals surface area contributed by atoms with Crippen LogP contribution in [-0.4, -0.2) is 14.5 Å². The van der Waals surface area contributed by atoms with Crippen LogP contribution in [0.1, 0.15) is 43.0 Å². The molecule has 0 bridgehead atoms. The molecule has 0 radical (unpaired) electrons. The third-order valence-corrected chi connectivity index (χ3v) is 9.91. The highest BCUT2D eigenvalue weighted by Gasteiger charge is 2.36. The van der Waals surface area contributed by atoms with Crippen LogP contribution in [0.15, 0.2) is 146 Å². The SMILES string of the molecule is CC1(C)c2ccccc2-c2cc3c4ccccc4n(-c4cccc(-c5nc(-c6ccccc6)cc(C6C=CC=CC6)n5)c4)c3cc21. The maximum Gasteiger partial charge on any atom is 0.160 e. The molecule has 5 aromatic carbocycles. The van der Waals surface area contributed by atoms with E-state index in [-0.39, 0.29) is 11.3 Å². The minimum Gasteiger partial charge on any atom is -0.309 e. The van der Waals surface area contributed by atoms with E-state index in [2.05, 4.69) is 158 Å². The van der Waals surface area contributed by atoms with Gasteiger partial charge < -0.3 is 4.57 Å². The van der Waals surface area contributed by atoms with Crippen LogP contribution in [0, 0.1) is 0 Å².